The SMILES string of the molecule is O=C(NC1CCCNC1=O)c1ccc(C#CCO)c(F)c1. The zero-order valence-electron chi connectivity index (χ0n) is 11.3. The molecule has 1 aromatic rings. The largest absolute Gasteiger partial charge is 0.384 e. The number of aliphatic hydroxyl groups is 1. The molecule has 0 aliphatic carbocycles. The van der Waals surface area contributed by atoms with Crippen LogP contribution in [0.4, 0.5) is 4.39 Å². The van der Waals surface area contributed by atoms with E-state index in [1.807, 2.05) is 0 Å². The third kappa shape index (κ3) is 3.80. The van der Waals surface area contributed by atoms with E-state index >= 15 is 0 Å². The summed E-state index contributed by atoms with van der Waals surface area (Å²) in [5.74, 6) is 3.42. The van der Waals surface area contributed by atoms with Crippen LogP contribution in [0.3, 0.4) is 0 Å². The quantitative estimate of drug-likeness (QED) is 0.680. The van der Waals surface area contributed by atoms with Gasteiger partial charge in [-0.2, -0.15) is 0 Å². The number of rotatable bonds is 2. The third-order valence-electron chi connectivity index (χ3n) is 3.12. The van der Waals surface area contributed by atoms with E-state index in [1.54, 1.807) is 0 Å². The molecule has 1 unspecified atom stereocenters. The zero-order chi connectivity index (χ0) is 15.2. The number of hydrogen-bond donors (Lipinski definition) is 3. The fraction of sp³-hybridized carbons (Fsp3) is 0.333. The van der Waals surface area contributed by atoms with Gasteiger partial charge in [-0.3, -0.25) is 9.59 Å². The standard InChI is InChI=1S/C15H15FN2O3/c16-12-9-11(6-5-10(12)3-2-8-19)14(20)18-13-4-1-7-17-15(13)21/h5-6,9,13,19H,1,4,7-8H2,(H,17,21)(H,18,20). The van der Waals surface area contributed by atoms with Crippen molar-refractivity contribution in [1.29, 1.82) is 0 Å². The van der Waals surface area contributed by atoms with E-state index in [2.05, 4.69) is 22.5 Å². The number of piperidine rings is 1. The van der Waals surface area contributed by atoms with Crippen molar-refractivity contribution in [2.75, 3.05) is 13.2 Å². The van der Waals surface area contributed by atoms with Gasteiger partial charge in [0.05, 0.1) is 5.56 Å². The smallest absolute Gasteiger partial charge is 0.252 e. The van der Waals surface area contributed by atoms with Crippen LogP contribution in [0.25, 0.3) is 0 Å². The Morgan fingerprint density at radius 3 is 3.00 bits per heavy atom. The van der Waals surface area contributed by atoms with Gasteiger partial charge in [0.2, 0.25) is 5.91 Å². The first-order chi connectivity index (χ1) is 10.1. The second kappa shape index (κ2) is 6.86. The first-order valence-corrected chi connectivity index (χ1v) is 6.59. The van der Waals surface area contributed by atoms with Crippen molar-refractivity contribution < 1.29 is 19.1 Å². The molecule has 1 aliphatic heterocycles. The maximum absolute atomic E-state index is 13.7. The monoisotopic (exact) mass is 290 g/mol. The van der Waals surface area contributed by atoms with Crippen molar-refractivity contribution in [2.24, 2.45) is 0 Å². The topological polar surface area (TPSA) is 78.4 Å². The van der Waals surface area contributed by atoms with Gasteiger partial charge in [0.15, 0.2) is 0 Å². The van der Waals surface area contributed by atoms with E-state index in [0.717, 1.165) is 12.5 Å². The predicted octanol–water partition coefficient (Wildman–Crippen LogP) is 0.178. The van der Waals surface area contributed by atoms with E-state index in [9.17, 15) is 14.0 Å². The lowest BCUT2D eigenvalue weighted by atomic mass is 10.1. The number of carbonyl (C=O) groups excluding carboxylic acids is 2. The Bertz CT molecular complexity index is 619. The fourth-order valence-electron chi connectivity index (χ4n) is 2.04. The van der Waals surface area contributed by atoms with Crippen LogP contribution < -0.4 is 10.6 Å². The second-order valence-corrected chi connectivity index (χ2v) is 4.61. The van der Waals surface area contributed by atoms with Crippen LogP contribution in [0.2, 0.25) is 0 Å². The summed E-state index contributed by atoms with van der Waals surface area (Å²) in [4.78, 5) is 23.6. The van der Waals surface area contributed by atoms with Gasteiger partial charge in [0, 0.05) is 12.1 Å². The molecule has 0 spiro atoms. The van der Waals surface area contributed by atoms with Gasteiger partial charge < -0.3 is 15.7 Å². The highest BCUT2D eigenvalue weighted by Crippen LogP contribution is 2.11. The molecular formula is C15H15FN2O3. The van der Waals surface area contributed by atoms with Crippen LogP contribution in [0.1, 0.15) is 28.8 Å². The van der Waals surface area contributed by atoms with Crippen molar-refractivity contribution in [3.05, 3.63) is 35.1 Å². The molecule has 0 saturated carbocycles. The molecule has 5 nitrogen and oxygen atoms in total. The van der Waals surface area contributed by atoms with Crippen LogP contribution in [0.15, 0.2) is 18.2 Å². The molecule has 1 atom stereocenters. The normalized spacial score (nSPS) is 17.4. The Labute approximate surface area is 121 Å². The molecule has 2 amide bonds. The average molecular weight is 290 g/mol. The molecule has 1 heterocycles. The van der Waals surface area contributed by atoms with Crippen LogP contribution >= 0.6 is 0 Å². The lowest BCUT2D eigenvalue weighted by Crippen LogP contribution is -2.50. The van der Waals surface area contributed by atoms with E-state index in [1.165, 1.54) is 12.1 Å². The van der Waals surface area contributed by atoms with E-state index in [-0.39, 0.29) is 23.6 Å². The van der Waals surface area contributed by atoms with Crippen molar-refractivity contribution >= 4 is 11.8 Å². The highest BCUT2D eigenvalue weighted by molar-refractivity contribution is 5.97. The van der Waals surface area contributed by atoms with E-state index in [0.29, 0.717) is 13.0 Å². The number of amides is 2. The van der Waals surface area contributed by atoms with Gasteiger partial charge in [0.25, 0.3) is 5.91 Å². The Balaban J connectivity index is 2.09. The lowest BCUT2D eigenvalue weighted by molar-refractivity contribution is -0.124. The van der Waals surface area contributed by atoms with Crippen molar-refractivity contribution in [3.63, 3.8) is 0 Å². The van der Waals surface area contributed by atoms with Gasteiger partial charge in [0.1, 0.15) is 18.5 Å². The van der Waals surface area contributed by atoms with Gasteiger partial charge in [-0.1, -0.05) is 11.8 Å². The summed E-state index contributed by atoms with van der Waals surface area (Å²) >= 11 is 0. The van der Waals surface area contributed by atoms with Crippen molar-refractivity contribution in [1.82, 2.24) is 10.6 Å². The minimum absolute atomic E-state index is 0.107. The summed E-state index contributed by atoms with van der Waals surface area (Å²) in [6.45, 7) is 0.247. The Morgan fingerprint density at radius 1 is 1.52 bits per heavy atom. The first kappa shape index (κ1) is 15.0. The van der Waals surface area contributed by atoms with E-state index in [4.69, 9.17) is 5.11 Å². The molecular weight excluding hydrogens is 275 g/mol. The highest BCUT2D eigenvalue weighted by Gasteiger charge is 2.24. The van der Waals surface area contributed by atoms with Crippen LogP contribution in [0, 0.1) is 17.7 Å². The zero-order valence-corrected chi connectivity index (χ0v) is 11.3. The molecule has 1 fully saturated rings. The van der Waals surface area contributed by atoms with Crippen LogP contribution in [-0.2, 0) is 4.79 Å². The lowest BCUT2D eigenvalue weighted by Gasteiger charge is -2.22. The number of hydrogen-bond acceptors (Lipinski definition) is 3. The van der Waals surface area contributed by atoms with Gasteiger partial charge >= 0.3 is 0 Å². The summed E-state index contributed by atoms with van der Waals surface area (Å²) in [6, 6.07) is 3.29. The molecule has 1 saturated heterocycles. The molecule has 21 heavy (non-hydrogen) atoms. The Hall–Kier alpha value is -2.39. The van der Waals surface area contributed by atoms with Crippen molar-refractivity contribution in [3.8, 4) is 11.8 Å². The molecule has 3 N–H and O–H groups in total. The minimum atomic E-state index is -0.642. The van der Waals surface area contributed by atoms with Gasteiger partial charge in [-0.05, 0) is 31.0 Å². The third-order valence-corrected chi connectivity index (χ3v) is 3.12. The summed E-state index contributed by atoms with van der Waals surface area (Å²) in [6.07, 6.45) is 1.36. The number of benzene rings is 1. The Morgan fingerprint density at radius 2 is 2.33 bits per heavy atom. The summed E-state index contributed by atoms with van der Waals surface area (Å²) < 4.78 is 13.7. The summed E-state index contributed by atoms with van der Waals surface area (Å²) in [5.41, 5.74) is 0.233. The summed E-state index contributed by atoms with van der Waals surface area (Å²) in [5, 5.41) is 13.8. The maximum atomic E-state index is 13.7. The number of aliphatic hydroxyl groups excluding tert-OH is 1. The van der Waals surface area contributed by atoms with Gasteiger partial charge in [-0.15, -0.1) is 0 Å². The molecule has 110 valence electrons. The van der Waals surface area contributed by atoms with Crippen LogP contribution in [-0.4, -0.2) is 36.1 Å². The second-order valence-electron chi connectivity index (χ2n) is 4.61. The fourth-order valence-corrected chi connectivity index (χ4v) is 2.04. The Kier molecular flexibility index (Phi) is 4.90. The average Bonchev–Trinajstić information content (AvgIpc) is 2.48. The number of nitrogens with one attached hydrogen (secondary N) is 2. The molecule has 0 bridgehead atoms. The first-order valence-electron chi connectivity index (χ1n) is 6.59. The van der Waals surface area contributed by atoms with E-state index < -0.39 is 17.8 Å². The van der Waals surface area contributed by atoms with Crippen LogP contribution in [0.5, 0.6) is 0 Å². The summed E-state index contributed by atoms with van der Waals surface area (Å²) in [7, 11) is 0. The van der Waals surface area contributed by atoms with Crippen molar-refractivity contribution in [2.45, 2.75) is 18.9 Å². The molecule has 1 aliphatic rings. The number of halogens is 1. The highest BCUT2D eigenvalue weighted by atomic mass is 19.1. The molecule has 1 aromatic carbocycles. The predicted molar refractivity (Wildman–Crippen MR) is 73.9 cm³/mol. The van der Waals surface area contributed by atoms with Gasteiger partial charge in [-0.25, -0.2) is 4.39 Å². The number of carbonyl (C=O) groups is 2. The molecule has 2 rings (SSSR count). The minimum Gasteiger partial charge on any atom is -0.384 e. The molecule has 0 aromatic heterocycles. The molecule has 6 heteroatoms. The maximum Gasteiger partial charge on any atom is 0.252 e. The molecule has 0 radical (unpaired) electrons.